The van der Waals surface area contributed by atoms with Crippen LogP contribution in [0, 0.1) is 12.8 Å². The zero-order valence-electron chi connectivity index (χ0n) is 13.8. The van der Waals surface area contributed by atoms with Gasteiger partial charge < -0.3 is 10.4 Å². The Kier molecular flexibility index (Phi) is 6.43. The maximum absolute atomic E-state index is 12.2. The minimum Gasteiger partial charge on any atom is -0.396 e. The van der Waals surface area contributed by atoms with E-state index in [2.05, 4.69) is 10.4 Å². The zero-order valence-corrected chi connectivity index (χ0v) is 13.8. The summed E-state index contributed by atoms with van der Waals surface area (Å²) < 4.78 is 1.84. The van der Waals surface area contributed by atoms with Gasteiger partial charge in [0.15, 0.2) is 0 Å². The molecule has 0 saturated heterocycles. The molecule has 1 aliphatic carbocycles. The van der Waals surface area contributed by atoms with E-state index < -0.39 is 0 Å². The standard InChI is InChI=1S/C17H29N3O2/c1-13-15(12-18-20(13)2)8-9-17(22)19-16(10-11-21)14-6-4-3-5-7-14/h12,14,16,21H,3-11H2,1-2H3,(H,19,22). The first kappa shape index (κ1) is 17.0. The molecule has 1 fully saturated rings. The van der Waals surface area contributed by atoms with Crippen molar-refractivity contribution in [2.45, 2.75) is 64.3 Å². The quantitative estimate of drug-likeness (QED) is 0.811. The first-order chi connectivity index (χ1) is 10.6. The lowest BCUT2D eigenvalue weighted by molar-refractivity contribution is -0.122. The van der Waals surface area contributed by atoms with E-state index >= 15 is 0 Å². The largest absolute Gasteiger partial charge is 0.396 e. The number of carbonyl (C=O) groups is 1. The number of aryl methyl sites for hydroxylation is 2. The fourth-order valence-corrected chi connectivity index (χ4v) is 3.42. The first-order valence-electron chi connectivity index (χ1n) is 8.49. The lowest BCUT2D eigenvalue weighted by atomic mass is 9.82. The number of carbonyl (C=O) groups excluding carboxylic acids is 1. The van der Waals surface area contributed by atoms with Crippen molar-refractivity contribution in [2.24, 2.45) is 13.0 Å². The molecule has 1 aliphatic rings. The van der Waals surface area contributed by atoms with Gasteiger partial charge in [-0.3, -0.25) is 9.48 Å². The average Bonchev–Trinajstić information content (AvgIpc) is 2.85. The number of hydrogen-bond acceptors (Lipinski definition) is 3. The lowest BCUT2D eigenvalue weighted by Crippen LogP contribution is -2.41. The average molecular weight is 307 g/mol. The highest BCUT2D eigenvalue weighted by molar-refractivity contribution is 5.76. The molecule has 1 saturated carbocycles. The monoisotopic (exact) mass is 307 g/mol. The number of nitrogens with one attached hydrogen (secondary N) is 1. The van der Waals surface area contributed by atoms with Gasteiger partial charge in [0.05, 0.1) is 6.20 Å². The molecule has 5 nitrogen and oxygen atoms in total. The van der Waals surface area contributed by atoms with Crippen molar-refractivity contribution in [3.05, 3.63) is 17.5 Å². The van der Waals surface area contributed by atoms with Gasteiger partial charge in [0.1, 0.15) is 0 Å². The predicted molar refractivity (Wildman–Crippen MR) is 86.5 cm³/mol. The van der Waals surface area contributed by atoms with Gasteiger partial charge in [-0.15, -0.1) is 0 Å². The van der Waals surface area contributed by atoms with Gasteiger partial charge >= 0.3 is 0 Å². The Bertz CT molecular complexity index is 478. The van der Waals surface area contributed by atoms with Crippen molar-refractivity contribution in [1.82, 2.24) is 15.1 Å². The minimum absolute atomic E-state index is 0.0901. The highest BCUT2D eigenvalue weighted by Gasteiger charge is 2.24. The van der Waals surface area contributed by atoms with Crippen LogP contribution in [0.15, 0.2) is 6.20 Å². The third kappa shape index (κ3) is 4.57. The molecule has 1 atom stereocenters. The van der Waals surface area contributed by atoms with Gasteiger partial charge in [-0.05, 0) is 44.1 Å². The molecule has 1 amide bonds. The van der Waals surface area contributed by atoms with Gasteiger partial charge in [0.2, 0.25) is 5.91 Å². The number of aliphatic hydroxyl groups excluding tert-OH is 1. The number of amides is 1. The van der Waals surface area contributed by atoms with Crippen LogP contribution in [0.4, 0.5) is 0 Å². The molecule has 2 N–H and O–H groups in total. The summed E-state index contributed by atoms with van der Waals surface area (Å²) in [5.74, 6) is 0.622. The highest BCUT2D eigenvalue weighted by atomic mass is 16.3. The van der Waals surface area contributed by atoms with Crippen LogP contribution in [-0.4, -0.2) is 33.4 Å². The normalized spacial score (nSPS) is 17.4. The number of hydrogen-bond donors (Lipinski definition) is 2. The van der Waals surface area contributed by atoms with E-state index in [0.717, 1.165) is 17.7 Å². The number of aliphatic hydroxyl groups is 1. The molecule has 1 heterocycles. The van der Waals surface area contributed by atoms with Crippen LogP contribution < -0.4 is 5.32 Å². The number of aromatic nitrogens is 2. The maximum Gasteiger partial charge on any atom is 0.220 e. The third-order valence-electron chi connectivity index (χ3n) is 4.96. The van der Waals surface area contributed by atoms with Crippen LogP contribution in [0.5, 0.6) is 0 Å². The Hall–Kier alpha value is -1.36. The van der Waals surface area contributed by atoms with Crippen LogP contribution in [0.3, 0.4) is 0 Å². The smallest absolute Gasteiger partial charge is 0.220 e. The summed E-state index contributed by atoms with van der Waals surface area (Å²) in [4.78, 5) is 12.2. The van der Waals surface area contributed by atoms with E-state index in [4.69, 9.17) is 0 Å². The second kappa shape index (κ2) is 8.32. The minimum atomic E-state index is 0.0901. The topological polar surface area (TPSA) is 67.2 Å². The summed E-state index contributed by atoms with van der Waals surface area (Å²) in [7, 11) is 1.92. The summed E-state index contributed by atoms with van der Waals surface area (Å²) in [6.45, 7) is 2.17. The summed E-state index contributed by atoms with van der Waals surface area (Å²) in [5, 5.41) is 16.6. The van der Waals surface area contributed by atoms with E-state index in [9.17, 15) is 9.90 Å². The Morgan fingerprint density at radius 1 is 1.45 bits per heavy atom. The molecule has 22 heavy (non-hydrogen) atoms. The molecule has 5 heteroatoms. The third-order valence-corrected chi connectivity index (χ3v) is 4.96. The van der Waals surface area contributed by atoms with Crippen LogP contribution in [-0.2, 0) is 18.3 Å². The fraction of sp³-hybridized carbons (Fsp3) is 0.765. The van der Waals surface area contributed by atoms with Crippen molar-refractivity contribution in [1.29, 1.82) is 0 Å². The number of rotatable bonds is 7. The van der Waals surface area contributed by atoms with Crippen molar-refractivity contribution in [3.63, 3.8) is 0 Å². The van der Waals surface area contributed by atoms with Crippen molar-refractivity contribution >= 4 is 5.91 Å². The second-order valence-electron chi connectivity index (χ2n) is 6.46. The van der Waals surface area contributed by atoms with E-state index in [1.54, 1.807) is 0 Å². The highest BCUT2D eigenvalue weighted by Crippen LogP contribution is 2.27. The van der Waals surface area contributed by atoms with Crippen molar-refractivity contribution in [2.75, 3.05) is 6.61 Å². The summed E-state index contributed by atoms with van der Waals surface area (Å²) in [6, 6.07) is 0.132. The van der Waals surface area contributed by atoms with Crippen LogP contribution >= 0.6 is 0 Å². The van der Waals surface area contributed by atoms with Gasteiger partial charge in [-0.2, -0.15) is 5.10 Å². The predicted octanol–water partition coefficient (Wildman–Crippen LogP) is 2.11. The van der Waals surface area contributed by atoms with Gasteiger partial charge in [-0.1, -0.05) is 19.3 Å². The van der Waals surface area contributed by atoms with Crippen molar-refractivity contribution < 1.29 is 9.90 Å². The van der Waals surface area contributed by atoms with Crippen LogP contribution in [0.25, 0.3) is 0 Å². The Labute approximate surface area is 133 Å². The Balaban J connectivity index is 1.83. The van der Waals surface area contributed by atoms with E-state index in [0.29, 0.717) is 18.8 Å². The lowest BCUT2D eigenvalue weighted by Gasteiger charge is -2.30. The van der Waals surface area contributed by atoms with Gasteiger partial charge in [0, 0.05) is 31.8 Å². The SMILES string of the molecule is Cc1c(CCC(=O)NC(CCO)C2CCCCC2)cnn1C. The molecule has 0 bridgehead atoms. The molecular weight excluding hydrogens is 278 g/mol. The summed E-state index contributed by atoms with van der Waals surface area (Å²) in [5.41, 5.74) is 2.25. The second-order valence-corrected chi connectivity index (χ2v) is 6.46. The summed E-state index contributed by atoms with van der Waals surface area (Å²) in [6.07, 6.45) is 9.87. The van der Waals surface area contributed by atoms with E-state index in [-0.39, 0.29) is 18.6 Å². The molecule has 0 spiro atoms. The van der Waals surface area contributed by atoms with Crippen molar-refractivity contribution in [3.8, 4) is 0 Å². The van der Waals surface area contributed by atoms with E-state index in [1.807, 2.05) is 24.9 Å². The van der Waals surface area contributed by atoms with E-state index in [1.165, 1.54) is 32.1 Å². The molecule has 124 valence electrons. The first-order valence-corrected chi connectivity index (χ1v) is 8.49. The molecule has 0 aromatic carbocycles. The maximum atomic E-state index is 12.2. The molecule has 1 unspecified atom stereocenters. The van der Waals surface area contributed by atoms with Gasteiger partial charge in [0.25, 0.3) is 0 Å². The fourth-order valence-electron chi connectivity index (χ4n) is 3.42. The Morgan fingerprint density at radius 2 is 2.18 bits per heavy atom. The van der Waals surface area contributed by atoms with Crippen LogP contribution in [0.1, 0.15) is 56.2 Å². The molecule has 2 rings (SSSR count). The number of nitrogens with zero attached hydrogens (tertiary/aromatic N) is 2. The Morgan fingerprint density at radius 3 is 2.77 bits per heavy atom. The molecule has 0 aliphatic heterocycles. The molecular formula is C17H29N3O2. The zero-order chi connectivity index (χ0) is 15.9. The van der Waals surface area contributed by atoms with Crippen LogP contribution in [0.2, 0.25) is 0 Å². The molecule has 1 aromatic heterocycles. The molecule has 1 aromatic rings. The summed E-state index contributed by atoms with van der Waals surface area (Å²) >= 11 is 0. The molecule has 0 radical (unpaired) electrons. The van der Waals surface area contributed by atoms with Gasteiger partial charge in [-0.25, -0.2) is 0 Å².